The minimum Gasteiger partial charge on any atom is -0.495 e. The number of ether oxygens (including phenoxy) is 8. The highest BCUT2D eigenvalue weighted by molar-refractivity contribution is 6.35. The molecule has 1 aromatic heterocycles. The number of hydrazine groups is 1. The van der Waals surface area contributed by atoms with Crippen LogP contribution < -0.4 is 58.0 Å². The number of carbonyl (C=O) groups is 11. The third-order valence-electron chi connectivity index (χ3n) is 19.8. The van der Waals surface area contributed by atoms with Gasteiger partial charge in [0.2, 0.25) is 35.4 Å². The average molecular weight is 1590 g/mol. The van der Waals surface area contributed by atoms with Gasteiger partial charge in [-0.25, -0.2) is 24.2 Å². The van der Waals surface area contributed by atoms with Gasteiger partial charge in [-0.2, -0.15) is 0 Å². The number of carboxylic acids is 1. The maximum Gasteiger partial charge on any atom is 0.410 e. The number of nitrogens with one attached hydrogen (secondary N) is 8. The van der Waals surface area contributed by atoms with Crippen LogP contribution in [-0.2, 0) is 97.6 Å². The van der Waals surface area contributed by atoms with E-state index in [1.807, 2.05) is 53.9 Å². The summed E-state index contributed by atoms with van der Waals surface area (Å²) in [5.74, 6) is -6.24. The summed E-state index contributed by atoms with van der Waals surface area (Å²) in [6.07, 6.45) is -1.39. The van der Waals surface area contributed by atoms with Crippen molar-refractivity contribution in [1.82, 2.24) is 51.8 Å². The number of aryl methyl sites for hydroxylation is 1. The van der Waals surface area contributed by atoms with Crippen molar-refractivity contribution in [2.45, 2.75) is 179 Å². The molecule has 7 rings (SSSR count). The zero-order valence-electron chi connectivity index (χ0n) is 65.5. The number of aliphatic carboxylic acids is 1. The molecule has 3 aromatic carbocycles. The van der Waals surface area contributed by atoms with E-state index in [-0.39, 0.29) is 102 Å². The topological polar surface area (TPSA) is 442 Å². The Hall–Kier alpha value is -9.94. The number of aliphatic hydroxyl groups is 1. The summed E-state index contributed by atoms with van der Waals surface area (Å²) in [5.41, 5.74) is 9.61. The minimum absolute atomic E-state index is 0.0294. The number of fused-ring (bicyclic) bond motifs is 6. The van der Waals surface area contributed by atoms with Crippen molar-refractivity contribution in [3.05, 3.63) is 112 Å². The van der Waals surface area contributed by atoms with Gasteiger partial charge in [-0.1, -0.05) is 86.5 Å². The maximum absolute atomic E-state index is 14.5. The normalized spacial score (nSPS) is 21.6. The first-order chi connectivity index (χ1) is 53.2. The van der Waals surface area contributed by atoms with Crippen LogP contribution in [0, 0.1) is 11.8 Å². The summed E-state index contributed by atoms with van der Waals surface area (Å²) in [5, 5.41) is 42.9. The number of allylic oxidation sites excluding steroid dienone is 3. The summed E-state index contributed by atoms with van der Waals surface area (Å²) in [4.78, 5) is 148. The highest BCUT2D eigenvalue weighted by atomic mass is 35.5. The zero-order chi connectivity index (χ0) is 82.1. The van der Waals surface area contributed by atoms with E-state index in [0.29, 0.717) is 36.5 Å². The van der Waals surface area contributed by atoms with Crippen molar-refractivity contribution < 1.29 is 101 Å². The van der Waals surface area contributed by atoms with Gasteiger partial charge in [-0.3, -0.25) is 49.2 Å². The smallest absolute Gasteiger partial charge is 0.410 e. The number of urea groups is 1. The lowest BCUT2D eigenvalue weighted by Crippen LogP contribution is -2.63. The quantitative estimate of drug-likeness (QED) is 0.00946. The van der Waals surface area contributed by atoms with Crippen molar-refractivity contribution >= 4 is 99.5 Å². The Morgan fingerprint density at radius 1 is 0.848 bits per heavy atom. The molecule has 11 atom stereocenters. The number of aromatic nitrogens is 1. The van der Waals surface area contributed by atoms with E-state index in [0.717, 1.165) is 32.6 Å². The van der Waals surface area contributed by atoms with Gasteiger partial charge in [0, 0.05) is 96.4 Å². The third-order valence-corrected chi connectivity index (χ3v) is 20.2. The molecule has 2 saturated heterocycles. The molecule has 34 nitrogen and oxygen atoms in total. The lowest BCUT2D eigenvalue weighted by Gasteiger charge is -2.42. The molecule has 35 heteroatoms. The summed E-state index contributed by atoms with van der Waals surface area (Å²) in [7, 11) is 9.38. The first-order valence-electron chi connectivity index (χ1n) is 37.1. The molecule has 0 spiro atoms. The van der Waals surface area contributed by atoms with Crippen LogP contribution in [0.4, 0.5) is 25.8 Å². The second-order valence-electron chi connectivity index (χ2n) is 28.5. The second-order valence-corrected chi connectivity index (χ2v) is 28.9. The van der Waals surface area contributed by atoms with Crippen molar-refractivity contribution in [3.8, 4) is 5.75 Å². The van der Waals surface area contributed by atoms with Crippen molar-refractivity contribution in [2.75, 3.05) is 92.1 Å². The fourth-order valence-electron chi connectivity index (χ4n) is 13.0. The number of nitrogens with two attached hydrogens (primary N) is 1. The third kappa shape index (κ3) is 25.5. The van der Waals surface area contributed by atoms with Crippen LogP contribution in [0.25, 0.3) is 10.9 Å². The molecule has 0 saturated carbocycles. The van der Waals surface area contributed by atoms with Gasteiger partial charge in [0.15, 0.2) is 5.72 Å². The molecule has 3 aliphatic rings. The van der Waals surface area contributed by atoms with Crippen LogP contribution in [0.2, 0.25) is 5.02 Å². The van der Waals surface area contributed by atoms with E-state index >= 15 is 0 Å². The number of likely N-dealkylation sites (N-methyl/N-ethyl adjacent to an activating group) is 1. The van der Waals surface area contributed by atoms with Crippen LogP contribution in [0.15, 0.2) is 90.5 Å². The number of benzene rings is 3. The highest BCUT2D eigenvalue weighted by Crippen LogP contribution is 2.49. The number of methoxy groups -OCH3 is 2. The molecule has 10 amide bonds. The standard InChI is InChI=1S/C77H108ClN13O21/c1-45(2)67(86-63(93)29-33-107-35-36-108-34-31-81-69(97)55(26-27-65(95)96)84-62(92)28-32-91-53(43-88(8)80-7)40-51-18-13-14-20-56(51)91)71(99)85-54(19-16-30-82-73(79)101)70(98)83-52-24-22-49(23-25-52)44-109-75(103)89(9)48(5)72(100)111-61-41-64(94)90(10)57-38-50(39-58(105-11)66(57)78)37-46(3)17-15-21-60(106-12)77(104)42-59(110-74(102)87-77)47(4)68-76(61,6)112-68/h13-15,17-18,20-25,38-40,45,47-48,54-55,59-61,67-68,80,104H,16,19,26-37,41-44H2,1-12H3,(H,81,97)(H,83,98)(H,84,92)(H,85,99)(H,86,93)(H,87,102)(H,95,96)(H3,79,82,101)/b21-15+,46-17+/t47-,48+,54+,55+,59+,60-,61+,67+,68+,76-,77+/m1/s1. The van der Waals surface area contributed by atoms with E-state index in [2.05, 4.69) is 48.7 Å². The molecule has 4 aromatic rings. The number of hydrogen-bond donors (Lipinski definition) is 11. The number of carbonyl (C=O) groups excluding carboxylic acids is 10. The first kappa shape index (κ1) is 89.3. The Morgan fingerprint density at radius 3 is 2.22 bits per heavy atom. The van der Waals surface area contributed by atoms with Gasteiger partial charge in [0.25, 0.3) is 0 Å². The monoisotopic (exact) mass is 1590 g/mol. The number of carboxylic acid groups (broad SMARTS) is 1. The van der Waals surface area contributed by atoms with Crippen LogP contribution in [-0.4, -0.2) is 232 Å². The van der Waals surface area contributed by atoms with Crippen LogP contribution in [0.5, 0.6) is 5.75 Å². The van der Waals surface area contributed by atoms with Crippen LogP contribution in [0.3, 0.4) is 0 Å². The lowest BCUT2D eigenvalue weighted by molar-refractivity contribution is -0.158. The molecule has 112 heavy (non-hydrogen) atoms. The van der Waals surface area contributed by atoms with Crippen molar-refractivity contribution in [1.29, 1.82) is 0 Å². The SMILES string of the molecule is CNN(C)Cc1cc2ccccc2n1CCC(=O)N[C@@H](CCC(=O)O)C(=O)NCCOCCOCCC(=O)N[C@H](C(=O)N[C@@H](CCCNC(N)=O)C(=O)Nc1ccc(COC(=O)N(C)[C@@H](C)C(=O)O[C@H]2CC(=O)N(C)c3cc(cc(OC)c3Cl)C/C(C)=C/C=C/[C@@H](OC)[C@@]3(O)C[C@H](OC(=O)N3)[C@@H](C)[C@@H]3O[C@]23C)cc1)C(C)C. The predicted molar refractivity (Wildman–Crippen MR) is 412 cm³/mol. The van der Waals surface area contributed by atoms with Gasteiger partial charge in [0.1, 0.15) is 65.5 Å². The largest absolute Gasteiger partial charge is 0.495 e. The summed E-state index contributed by atoms with van der Waals surface area (Å²) in [6, 6.07) is 14.0. The summed E-state index contributed by atoms with van der Waals surface area (Å²) in [6.45, 7) is 10.9. The summed E-state index contributed by atoms with van der Waals surface area (Å²) >= 11 is 6.86. The summed E-state index contributed by atoms with van der Waals surface area (Å²) < 4.78 is 48.4. The minimum atomic E-state index is -1.93. The maximum atomic E-state index is 14.5. The molecular weight excluding hydrogens is 1480 g/mol. The van der Waals surface area contributed by atoms with Gasteiger partial charge < -0.3 is 95.2 Å². The number of primary amides is 1. The molecule has 4 heterocycles. The van der Waals surface area contributed by atoms with E-state index in [9.17, 15) is 63.0 Å². The molecule has 12 N–H and O–H groups in total. The predicted octanol–water partition coefficient (Wildman–Crippen LogP) is 4.84. The molecular formula is C77H108ClN13O21. The highest BCUT2D eigenvalue weighted by Gasteiger charge is 2.64. The molecule has 0 unspecified atom stereocenters. The van der Waals surface area contributed by atoms with Crippen molar-refractivity contribution in [3.63, 3.8) is 0 Å². The number of para-hydroxylation sites is 1. The first-order valence-corrected chi connectivity index (χ1v) is 37.5. The van der Waals surface area contributed by atoms with E-state index in [1.165, 1.54) is 52.3 Å². The van der Waals surface area contributed by atoms with Gasteiger partial charge in [-0.15, -0.1) is 0 Å². The zero-order valence-corrected chi connectivity index (χ0v) is 66.2. The Labute approximate surface area is 656 Å². The van der Waals surface area contributed by atoms with Crippen LogP contribution >= 0.6 is 11.6 Å². The number of alkyl carbamates (subject to hydrolysis) is 1. The Balaban J connectivity index is 0.879. The molecule has 2 fully saturated rings. The van der Waals surface area contributed by atoms with Crippen LogP contribution in [0.1, 0.15) is 110 Å². The number of nitrogens with zero attached hydrogens (tertiary/aromatic N) is 4. The van der Waals surface area contributed by atoms with Gasteiger partial charge in [0.05, 0.1) is 58.3 Å². The fraction of sp³-hybridized carbons (Fsp3) is 0.545. The Kier molecular flexibility index (Phi) is 33.5. The number of halogens is 1. The van der Waals surface area contributed by atoms with E-state index in [4.69, 9.17) is 55.2 Å². The van der Waals surface area contributed by atoms with Gasteiger partial charge >= 0.3 is 30.2 Å². The Bertz CT molecular complexity index is 4030. The molecule has 614 valence electrons. The van der Waals surface area contributed by atoms with Crippen molar-refractivity contribution in [2.24, 2.45) is 17.6 Å². The number of anilines is 2. The molecule has 4 bridgehead atoms. The lowest BCUT2D eigenvalue weighted by atomic mass is 9.83. The molecule has 0 radical (unpaired) electrons. The number of amides is 10. The number of rotatable bonds is 37. The van der Waals surface area contributed by atoms with E-state index in [1.54, 1.807) is 71.2 Å². The molecule has 0 aliphatic carbocycles. The number of esters is 1. The number of hydrogen-bond acceptors (Lipinski definition) is 22. The Morgan fingerprint density at radius 2 is 1.54 bits per heavy atom. The average Bonchev–Trinajstić information content (AvgIpc) is 1.57. The number of epoxide rings is 1. The fourth-order valence-corrected chi connectivity index (χ4v) is 13.3. The van der Waals surface area contributed by atoms with Gasteiger partial charge in [-0.05, 0) is 112 Å². The second kappa shape index (κ2) is 42.1. The molecule has 3 aliphatic heterocycles. The van der Waals surface area contributed by atoms with E-state index < -0.39 is 144 Å².